The summed E-state index contributed by atoms with van der Waals surface area (Å²) >= 11 is 1.75. The number of thiazole rings is 1. The Morgan fingerprint density at radius 1 is 1.12 bits per heavy atom. The monoisotopic (exact) mass is 243 g/mol. The summed E-state index contributed by atoms with van der Waals surface area (Å²) in [6.45, 7) is 19.1. The van der Waals surface area contributed by atoms with Gasteiger partial charge in [-0.1, -0.05) is 55.4 Å². The second kappa shape index (κ2) is 8.74. The molecule has 0 unspecified atom stereocenters. The molecule has 1 aromatic rings. The molecule has 0 fully saturated rings. The van der Waals surface area contributed by atoms with Gasteiger partial charge in [0.25, 0.3) is 0 Å². The lowest BCUT2D eigenvalue weighted by molar-refractivity contribution is 0.584. The van der Waals surface area contributed by atoms with Crippen LogP contribution in [-0.2, 0) is 5.41 Å². The lowest BCUT2D eigenvalue weighted by Gasteiger charge is -2.13. The third kappa shape index (κ3) is 10.2. The minimum Gasteiger partial charge on any atom is -0.246 e. The fourth-order valence-electron chi connectivity index (χ4n) is 0.698. The first kappa shape index (κ1) is 18.0. The molecular formula is C14H29NS. The zero-order chi connectivity index (χ0) is 13.4. The smallest absolute Gasteiger partial charge is 0.0981 e. The molecule has 0 atom stereocenters. The third-order valence-corrected chi connectivity index (χ3v) is 2.65. The summed E-state index contributed by atoms with van der Waals surface area (Å²) in [7, 11) is 0. The maximum atomic E-state index is 4.40. The molecule has 0 bridgehead atoms. The Balaban J connectivity index is 0. The molecule has 1 aromatic heterocycles. The van der Waals surface area contributed by atoms with Crippen LogP contribution >= 0.6 is 11.3 Å². The Hall–Kier alpha value is -0.370. The van der Waals surface area contributed by atoms with Gasteiger partial charge in [0.15, 0.2) is 0 Å². The van der Waals surface area contributed by atoms with E-state index < -0.39 is 0 Å². The van der Waals surface area contributed by atoms with Crippen LogP contribution in [0.25, 0.3) is 0 Å². The van der Waals surface area contributed by atoms with Gasteiger partial charge in [0.05, 0.1) is 5.01 Å². The summed E-state index contributed by atoms with van der Waals surface area (Å²) in [6.07, 6.45) is 0. The Bertz CT molecular complexity index is 253. The summed E-state index contributed by atoms with van der Waals surface area (Å²) in [5, 5.41) is 3.32. The van der Waals surface area contributed by atoms with Gasteiger partial charge in [-0.25, -0.2) is 4.98 Å². The van der Waals surface area contributed by atoms with Gasteiger partial charge in [-0.15, -0.1) is 11.3 Å². The van der Waals surface area contributed by atoms with Gasteiger partial charge in [0.2, 0.25) is 0 Å². The maximum absolute atomic E-state index is 4.40. The molecular weight excluding hydrogens is 214 g/mol. The van der Waals surface area contributed by atoms with Crippen molar-refractivity contribution >= 4 is 11.3 Å². The van der Waals surface area contributed by atoms with E-state index in [4.69, 9.17) is 0 Å². The van der Waals surface area contributed by atoms with E-state index in [0.717, 1.165) is 11.6 Å². The summed E-state index contributed by atoms with van der Waals surface area (Å²) in [5.74, 6) is 0.833. The standard InChI is InChI=1S/C8H13NS.C4H10.C2H6/c1-6-5-10-7(9-6)8(2,3)4;1-4(2)3;1-2/h5H,1-4H3;4H,1-3H3;1-2H3. The average molecular weight is 243 g/mol. The highest BCUT2D eigenvalue weighted by Gasteiger charge is 2.16. The van der Waals surface area contributed by atoms with Gasteiger partial charge in [-0.2, -0.15) is 0 Å². The number of nitrogens with zero attached hydrogens (tertiary/aromatic N) is 1. The largest absolute Gasteiger partial charge is 0.246 e. The topological polar surface area (TPSA) is 12.9 Å². The van der Waals surface area contributed by atoms with E-state index in [1.54, 1.807) is 11.3 Å². The van der Waals surface area contributed by atoms with Gasteiger partial charge in [-0.3, -0.25) is 0 Å². The zero-order valence-electron chi connectivity index (χ0n) is 12.5. The second-order valence-corrected chi connectivity index (χ2v) is 6.13. The van der Waals surface area contributed by atoms with Crippen LogP contribution in [0.1, 0.15) is 66.1 Å². The summed E-state index contributed by atoms with van der Waals surface area (Å²) in [5.41, 5.74) is 1.36. The SMILES string of the molecule is CC.CC(C)C.Cc1csc(C(C)(C)C)n1. The Labute approximate surface area is 106 Å². The molecule has 0 spiro atoms. The van der Waals surface area contributed by atoms with Crippen molar-refractivity contribution in [2.75, 3.05) is 0 Å². The lowest BCUT2D eigenvalue weighted by Crippen LogP contribution is -2.10. The highest BCUT2D eigenvalue weighted by molar-refractivity contribution is 7.09. The predicted octanol–water partition coefficient (Wildman–Crippen LogP) is 5.44. The van der Waals surface area contributed by atoms with Gasteiger partial charge in [0, 0.05) is 16.5 Å². The van der Waals surface area contributed by atoms with Gasteiger partial charge < -0.3 is 0 Å². The number of aryl methyl sites for hydroxylation is 1. The second-order valence-electron chi connectivity index (χ2n) is 5.28. The minimum atomic E-state index is 0.221. The molecule has 96 valence electrons. The first-order valence-electron chi connectivity index (χ1n) is 6.16. The van der Waals surface area contributed by atoms with Crippen LogP contribution in [0.4, 0.5) is 0 Å². The number of hydrogen-bond donors (Lipinski definition) is 0. The van der Waals surface area contributed by atoms with Crippen LogP contribution in [0.5, 0.6) is 0 Å². The first-order chi connectivity index (χ1) is 7.23. The molecule has 0 radical (unpaired) electrons. The van der Waals surface area contributed by atoms with Crippen LogP contribution in [0.15, 0.2) is 5.38 Å². The third-order valence-electron chi connectivity index (χ3n) is 1.26. The van der Waals surface area contributed by atoms with E-state index in [2.05, 4.69) is 51.9 Å². The fourth-order valence-corrected chi connectivity index (χ4v) is 1.58. The van der Waals surface area contributed by atoms with Crippen molar-refractivity contribution in [1.29, 1.82) is 0 Å². The van der Waals surface area contributed by atoms with E-state index in [-0.39, 0.29) is 5.41 Å². The molecule has 0 aliphatic heterocycles. The molecule has 0 aliphatic carbocycles. The normalized spacial score (nSPS) is 10.1. The Morgan fingerprint density at radius 2 is 1.50 bits per heavy atom. The molecule has 16 heavy (non-hydrogen) atoms. The van der Waals surface area contributed by atoms with E-state index in [0.29, 0.717) is 0 Å². The quantitative estimate of drug-likeness (QED) is 0.591. The fraction of sp³-hybridized carbons (Fsp3) is 0.786. The number of aromatic nitrogens is 1. The van der Waals surface area contributed by atoms with Crippen molar-refractivity contribution in [3.8, 4) is 0 Å². The van der Waals surface area contributed by atoms with Crippen molar-refractivity contribution in [2.45, 2.75) is 67.7 Å². The van der Waals surface area contributed by atoms with E-state index in [1.165, 1.54) is 5.01 Å². The van der Waals surface area contributed by atoms with Crippen molar-refractivity contribution in [3.05, 3.63) is 16.1 Å². The van der Waals surface area contributed by atoms with Gasteiger partial charge in [0.1, 0.15) is 0 Å². The number of hydrogen-bond acceptors (Lipinski definition) is 2. The highest BCUT2D eigenvalue weighted by atomic mass is 32.1. The molecule has 0 aliphatic rings. The molecule has 1 rings (SSSR count). The molecule has 1 heterocycles. The molecule has 0 aromatic carbocycles. The maximum Gasteiger partial charge on any atom is 0.0981 e. The van der Waals surface area contributed by atoms with Crippen LogP contribution in [0, 0.1) is 12.8 Å². The van der Waals surface area contributed by atoms with Crippen LogP contribution in [0.2, 0.25) is 0 Å². The van der Waals surface area contributed by atoms with Crippen molar-refractivity contribution in [3.63, 3.8) is 0 Å². The molecule has 0 N–H and O–H groups in total. The zero-order valence-corrected chi connectivity index (χ0v) is 13.3. The van der Waals surface area contributed by atoms with Crippen LogP contribution in [-0.4, -0.2) is 4.98 Å². The van der Waals surface area contributed by atoms with E-state index in [9.17, 15) is 0 Å². The molecule has 1 nitrogen and oxygen atoms in total. The average Bonchev–Trinajstić information content (AvgIpc) is 2.53. The Kier molecular flexibility index (Phi) is 9.84. The van der Waals surface area contributed by atoms with Crippen LogP contribution < -0.4 is 0 Å². The molecule has 2 heteroatoms. The summed E-state index contributed by atoms with van der Waals surface area (Å²) < 4.78 is 0. The summed E-state index contributed by atoms with van der Waals surface area (Å²) in [6, 6.07) is 0. The molecule has 0 saturated carbocycles. The van der Waals surface area contributed by atoms with Crippen molar-refractivity contribution in [1.82, 2.24) is 4.98 Å². The van der Waals surface area contributed by atoms with Crippen LogP contribution in [0.3, 0.4) is 0 Å². The minimum absolute atomic E-state index is 0.221. The predicted molar refractivity (Wildman–Crippen MR) is 77.4 cm³/mol. The first-order valence-corrected chi connectivity index (χ1v) is 7.04. The van der Waals surface area contributed by atoms with Gasteiger partial charge in [-0.05, 0) is 12.8 Å². The highest BCUT2D eigenvalue weighted by Crippen LogP contribution is 2.24. The molecule has 0 saturated heterocycles. The van der Waals surface area contributed by atoms with Crippen molar-refractivity contribution in [2.24, 2.45) is 5.92 Å². The van der Waals surface area contributed by atoms with Gasteiger partial charge >= 0.3 is 0 Å². The molecule has 0 amide bonds. The summed E-state index contributed by atoms with van der Waals surface area (Å²) in [4.78, 5) is 4.40. The van der Waals surface area contributed by atoms with Crippen molar-refractivity contribution < 1.29 is 0 Å². The van der Waals surface area contributed by atoms with E-state index >= 15 is 0 Å². The lowest BCUT2D eigenvalue weighted by atomic mass is 9.98. The number of rotatable bonds is 0. The Morgan fingerprint density at radius 3 is 1.62 bits per heavy atom. The van der Waals surface area contributed by atoms with E-state index in [1.807, 2.05) is 20.8 Å².